The van der Waals surface area contributed by atoms with E-state index in [0.29, 0.717) is 44.4 Å². The fourth-order valence-electron chi connectivity index (χ4n) is 4.20. The lowest BCUT2D eigenvalue weighted by Crippen LogP contribution is -2.22. The van der Waals surface area contributed by atoms with Gasteiger partial charge in [-0.3, -0.25) is 0 Å². The third-order valence-electron chi connectivity index (χ3n) is 5.64. The number of carbonyl (C=O) groups excluding carboxylic acids is 2. The molecule has 0 aliphatic carbocycles. The van der Waals surface area contributed by atoms with E-state index in [1.807, 2.05) is 72.8 Å². The summed E-state index contributed by atoms with van der Waals surface area (Å²) in [6.07, 6.45) is 0. The Balaban J connectivity index is 1.75. The summed E-state index contributed by atoms with van der Waals surface area (Å²) in [6.45, 7) is 4.02. The van der Waals surface area contributed by atoms with Gasteiger partial charge in [0.25, 0.3) is 0 Å². The highest BCUT2D eigenvalue weighted by molar-refractivity contribution is 6.47. The number of esters is 2. The minimum absolute atomic E-state index is 0.242. The first kappa shape index (κ1) is 21.5. The molecule has 0 N–H and O–H groups in total. The average molecular weight is 450 g/mol. The Morgan fingerprint density at radius 2 is 1.32 bits per heavy atom. The van der Waals surface area contributed by atoms with Crippen LogP contribution < -0.4 is 10.6 Å². The van der Waals surface area contributed by atoms with Crippen LogP contribution in [0.2, 0.25) is 0 Å². The number of fused-ring (bicyclic) bond motifs is 2. The Kier molecular flexibility index (Phi) is 5.64. The standard InChI is InChI=1S/C28H22N2O4/c1-3-33-27(31)23-19-15-20-22(16-21(19)29-25(23)17-11-7-5-8-12-17)30-26(18-13-9-6-10-14-18)24(20)28(32)34-4-2/h5-16H,3-4H2,1-2H3. The number of rotatable bonds is 6. The van der Waals surface area contributed by atoms with E-state index >= 15 is 0 Å². The van der Waals surface area contributed by atoms with Crippen molar-refractivity contribution in [1.29, 1.82) is 0 Å². The van der Waals surface area contributed by atoms with Gasteiger partial charge in [0.05, 0.1) is 46.8 Å². The van der Waals surface area contributed by atoms with Gasteiger partial charge >= 0.3 is 11.9 Å². The maximum atomic E-state index is 13.0. The molecule has 0 saturated carbocycles. The minimum Gasteiger partial charge on any atom is -0.462 e. The largest absolute Gasteiger partial charge is 0.462 e. The van der Waals surface area contributed by atoms with Gasteiger partial charge < -0.3 is 9.47 Å². The normalized spacial score (nSPS) is 13.7. The fraction of sp³-hybridized carbons (Fsp3) is 0.143. The summed E-state index contributed by atoms with van der Waals surface area (Å²) in [7, 11) is 0. The van der Waals surface area contributed by atoms with Crippen LogP contribution >= 0.6 is 0 Å². The molecule has 3 aromatic carbocycles. The Hall–Kier alpha value is -4.32. The fourth-order valence-corrected chi connectivity index (χ4v) is 4.20. The highest BCUT2D eigenvalue weighted by atomic mass is 16.5. The zero-order valence-corrected chi connectivity index (χ0v) is 18.9. The van der Waals surface area contributed by atoms with Gasteiger partial charge in [-0.15, -0.1) is 0 Å². The number of hydrogen-bond acceptors (Lipinski definition) is 6. The quantitative estimate of drug-likeness (QED) is 0.538. The second kappa shape index (κ2) is 8.90. The smallest absolute Gasteiger partial charge is 0.341 e. The molecule has 34 heavy (non-hydrogen) atoms. The third-order valence-corrected chi connectivity index (χ3v) is 5.64. The molecule has 3 aromatic rings. The summed E-state index contributed by atoms with van der Waals surface area (Å²) >= 11 is 0. The molecule has 0 bridgehead atoms. The third kappa shape index (κ3) is 3.63. The Bertz CT molecular complexity index is 1490. The molecular formula is C28H22N2O4. The number of carbonyl (C=O) groups is 2. The van der Waals surface area contributed by atoms with Crippen LogP contribution in [0.25, 0.3) is 16.8 Å². The zero-order chi connectivity index (χ0) is 23.7. The van der Waals surface area contributed by atoms with Gasteiger partial charge in [-0.05, 0) is 26.0 Å². The second-order valence-corrected chi connectivity index (χ2v) is 7.73. The van der Waals surface area contributed by atoms with Gasteiger partial charge in [-0.25, -0.2) is 19.6 Å². The Morgan fingerprint density at radius 1 is 0.735 bits per heavy atom. The van der Waals surface area contributed by atoms with E-state index in [4.69, 9.17) is 19.5 Å². The summed E-state index contributed by atoms with van der Waals surface area (Å²) in [6, 6.07) is 22.6. The number of aliphatic imine (C=N–C) groups is 1. The van der Waals surface area contributed by atoms with Crippen molar-refractivity contribution in [2.45, 2.75) is 13.8 Å². The van der Waals surface area contributed by atoms with Crippen LogP contribution in [0.5, 0.6) is 0 Å². The van der Waals surface area contributed by atoms with Gasteiger partial charge in [0, 0.05) is 21.9 Å². The first-order valence-corrected chi connectivity index (χ1v) is 11.2. The molecule has 6 nitrogen and oxygen atoms in total. The number of hydrogen-bond donors (Lipinski definition) is 0. The zero-order valence-electron chi connectivity index (χ0n) is 18.9. The number of ether oxygens (including phenoxy) is 2. The maximum absolute atomic E-state index is 13.0. The number of nitrogens with zero attached hydrogens (tertiary/aromatic N) is 2. The highest BCUT2D eigenvalue weighted by Crippen LogP contribution is 2.32. The molecule has 2 aliphatic rings. The van der Waals surface area contributed by atoms with E-state index in [9.17, 15) is 9.59 Å². The highest BCUT2D eigenvalue weighted by Gasteiger charge is 2.31. The SMILES string of the molecule is CCOC(=O)C1=C(c2ccccc2)N=c2cc3c(cc21)=C(C(=O)OCC)C(c1ccccc1)=N3. The van der Waals surface area contributed by atoms with Crippen molar-refractivity contribution in [3.8, 4) is 0 Å². The summed E-state index contributed by atoms with van der Waals surface area (Å²) in [5, 5.41) is 1.23. The van der Waals surface area contributed by atoms with E-state index < -0.39 is 11.9 Å². The topological polar surface area (TPSA) is 77.3 Å². The predicted molar refractivity (Wildman–Crippen MR) is 130 cm³/mol. The Morgan fingerprint density at radius 3 is 1.94 bits per heavy atom. The van der Waals surface area contributed by atoms with Crippen LogP contribution in [-0.4, -0.2) is 30.9 Å². The van der Waals surface area contributed by atoms with Crippen LogP contribution in [0.3, 0.4) is 0 Å². The predicted octanol–water partition coefficient (Wildman–Crippen LogP) is 3.60. The molecule has 0 aromatic heterocycles. The average Bonchev–Trinajstić information content (AvgIpc) is 3.42. The molecule has 0 fully saturated rings. The molecule has 5 rings (SSSR count). The van der Waals surface area contributed by atoms with Gasteiger partial charge in [-0.1, -0.05) is 60.7 Å². The lowest BCUT2D eigenvalue weighted by Gasteiger charge is -2.08. The van der Waals surface area contributed by atoms with Crippen LogP contribution in [0.1, 0.15) is 30.5 Å². The van der Waals surface area contributed by atoms with E-state index in [-0.39, 0.29) is 13.2 Å². The molecular weight excluding hydrogens is 428 g/mol. The Labute approximate surface area is 196 Å². The first-order valence-electron chi connectivity index (χ1n) is 11.2. The molecule has 0 spiro atoms. The monoisotopic (exact) mass is 450 g/mol. The van der Waals surface area contributed by atoms with Gasteiger partial charge in [0.2, 0.25) is 0 Å². The number of benzene rings is 3. The molecule has 0 atom stereocenters. The lowest BCUT2D eigenvalue weighted by atomic mass is 9.98. The van der Waals surface area contributed by atoms with Crippen LogP contribution in [0.4, 0.5) is 5.69 Å². The van der Waals surface area contributed by atoms with Crippen LogP contribution in [0.15, 0.2) is 82.8 Å². The summed E-state index contributed by atoms with van der Waals surface area (Å²) in [5.41, 5.74) is 4.69. The van der Waals surface area contributed by atoms with Gasteiger partial charge in [-0.2, -0.15) is 0 Å². The van der Waals surface area contributed by atoms with E-state index in [2.05, 4.69) is 0 Å². The first-order chi connectivity index (χ1) is 16.6. The van der Waals surface area contributed by atoms with E-state index in [0.717, 1.165) is 11.1 Å². The van der Waals surface area contributed by atoms with Crippen molar-refractivity contribution in [2.24, 2.45) is 9.98 Å². The minimum atomic E-state index is -0.455. The van der Waals surface area contributed by atoms with Crippen LogP contribution in [-0.2, 0) is 19.1 Å². The molecule has 0 amide bonds. The molecule has 0 saturated heterocycles. The lowest BCUT2D eigenvalue weighted by molar-refractivity contribution is -0.136. The van der Waals surface area contributed by atoms with Crippen molar-refractivity contribution in [2.75, 3.05) is 13.2 Å². The van der Waals surface area contributed by atoms with Crippen molar-refractivity contribution in [3.05, 3.63) is 100 Å². The van der Waals surface area contributed by atoms with Crippen molar-refractivity contribution in [1.82, 2.24) is 0 Å². The summed E-state index contributed by atoms with van der Waals surface area (Å²) in [5.74, 6) is -0.910. The molecule has 2 heterocycles. The second-order valence-electron chi connectivity index (χ2n) is 7.73. The van der Waals surface area contributed by atoms with Crippen molar-refractivity contribution < 1.29 is 19.1 Å². The molecule has 0 radical (unpaired) electrons. The summed E-state index contributed by atoms with van der Waals surface area (Å²) < 4.78 is 10.7. The summed E-state index contributed by atoms with van der Waals surface area (Å²) in [4.78, 5) is 35.6. The molecule has 168 valence electrons. The molecule has 6 heteroatoms. The van der Waals surface area contributed by atoms with Crippen molar-refractivity contribution >= 4 is 40.2 Å². The van der Waals surface area contributed by atoms with Gasteiger partial charge in [0.15, 0.2) is 0 Å². The van der Waals surface area contributed by atoms with E-state index in [1.165, 1.54) is 0 Å². The van der Waals surface area contributed by atoms with Crippen LogP contribution in [0, 0.1) is 0 Å². The van der Waals surface area contributed by atoms with E-state index in [1.54, 1.807) is 13.8 Å². The molecule has 2 aliphatic heterocycles. The van der Waals surface area contributed by atoms with Crippen molar-refractivity contribution in [3.63, 3.8) is 0 Å². The molecule has 0 unspecified atom stereocenters. The van der Waals surface area contributed by atoms with Gasteiger partial charge in [0.1, 0.15) is 0 Å². The maximum Gasteiger partial charge on any atom is 0.341 e.